The van der Waals surface area contributed by atoms with Gasteiger partial charge in [0.25, 0.3) is 0 Å². The third-order valence-corrected chi connectivity index (χ3v) is 4.33. The molecule has 2 fully saturated rings. The van der Waals surface area contributed by atoms with Gasteiger partial charge in [0.05, 0.1) is 5.75 Å². The number of nitrogens with one attached hydrogen (secondary N) is 2. The van der Waals surface area contributed by atoms with Gasteiger partial charge in [-0.15, -0.1) is 0 Å². The molecule has 1 aliphatic carbocycles. The van der Waals surface area contributed by atoms with E-state index in [1.54, 1.807) is 0 Å². The molecule has 1 aliphatic heterocycles. The molecule has 0 spiro atoms. The van der Waals surface area contributed by atoms with Crippen molar-refractivity contribution >= 4 is 10.0 Å². The lowest BCUT2D eigenvalue weighted by Crippen LogP contribution is -2.54. The number of hydrogen-bond acceptors (Lipinski definition) is 3. The summed E-state index contributed by atoms with van der Waals surface area (Å²) in [6.07, 6.45) is 2.02. The van der Waals surface area contributed by atoms with Crippen LogP contribution in [0.25, 0.3) is 0 Å². The Morgan fingerprint density at radius 2 is 2.15 bits per heavy atom. The largest absolute Gasteiger partial charge is 0.314 e. The SMILES string of the molecule is C[C@H]1NC[C@@H]1CS(=O)(=O)NC1CC1. The van der Waals surface area contributed by atoms with Crippen molar-refractivity contribution in [3.05, 3.63) is 0 Å². The highest BCUT2D eigenvalue weighted by Gasteiger charge is 2.33. The van der Waals surface area contributed by atoms with Gasteiger partial charge in [-0.2, -0.15) is 0 Å². The van der Waals surface area contributed by atoms with Crippen LogP contribution >= 0.6 is 0 Å². The summed E-state index contributed by atoms with van der Waals surface area (Å²) < 4.78 is 25.7. The van der Waals surface area contributed by atoms with Crippen molar-refractivity contribution < 1.29 is 8.42 Å². The summed E-state index contributed by atoms with van der Waals surface area (Å²) in [5.74, 6) is 0.591. The molecular formula is C8H16N2O2S. The van der Waals surface area contributed by atoms with E-state index in [0.717, 1.165) is 19.4 Å². The lowest BCUT2D eigenvalue weighted by molar-refractivity contribution is 0.275. The highest BCUT2D eigenvalue weighted by molar-refractivity contribution is 7.89. The van der Waals surface area contributed by atoms with Gasteiger partial charge in [0.2, 0.25) is 10.0 Å². The molecule has 0 radical (unpaired) electrons. The van der Waals surface area contributed by atoms with Crippen LogP contribution in [0.4, 0.5) is 0 Å². The Morgan fingerprint density at radius 1 is 1.46 bits per heavy atom. The fourth-order valence-electron chi connectivity index (χ4n) is 1.51. The molecule has 2 aliphatic rings. The Bertz CT molecular complexity index is 285. The molecule has 2 rings (SSSR count). The van der Waals surface area contributed by atoms with Gasteiger partial charge in [-0.1, -0.05) is 0 Å². The van der Waals surface area contributed by atoms with E-state index in [9.17, 15) is 8.42 Å². The first-order valence-electron chi connectivity index (χ1n) is 4.80. The van der Waals surface area contributed by atoms with Gasteiger partial charge in [-0.05, 0) is 19.8 Å². The van der Waals surface area contributed by atoms with Crippen LogP contribution in [-0.2, 0) is 10.0 Å². The summed E-state index contributed by atoms with van der Waals surface area (Å²) in [5.41, 5.74) is 0. The van der Waals surface area contributed by atoms with Gasteiger partial charge in [-0.25, -0.2) is 13.1 Å². The van der Waals surface area contributed by atoms with Crippen molar-refractivity contribution in [2.75, 3.05) is 12.3 Å². The van der Waals surface area contributed by atoms with Gasteiger partial charge < -0.3 is 5.32 Å². The number of sulfonamides is 1. The van der Waals surface area contributed by atoms with Crippen molar-refractivity contribution in [2.24, 2.45) is 5.92 Å². The van der Waals surface area contributed by atoms with Crippen LogP contribution < -0.4 is 10.0 Å². The van der Waals surface area contributed by atoms with Gasteiger partial charge in [0.15, 0.2) is 0 Å². The topological polar surface area (TPSA) is 58.2 Å². The summed E-state index contributed by atoms with van der Waals surface area (Å²) in [6, 6.07) is 0.601. The summed E-state index contributed by atoms with van der Waals surface area (Å²) in [4.78, 5) is 0. The van der Waals surface area contributed by atoms with Gasteiger partial charge in [0.1, 0.15) is 0 Å². The standard InChI is InChI=1S/C8H16N2O2S/c1-6-7(4-9-6)5-13(11,12)10-8-2-3-8/h6-10H,2-5H2,1H3/t6-,7-/m1/s1. The quantitative estimate of drug-likeness (QED) is 0.659. The summed E-state index contributed by atoms with van der Waals surface area (Å²) in [5, 5.41) is 3.16. The Morgan fingerprint density at radius 3 is 2.54 bits per heavy atom. The third-order valence-electron chi connectivity index (χ3n) is 2.77. The average Bonchev–Trinajstić information content (AvgIpc) is 2.81. The molecule has 1 saturated carbocycles. The van der Waals surface area contributed by atoms with E-state index in [0.29, 0.717) is 12.0 Å². The first-order chi connectivity index (χ1) is 6.07. The first-order valence-corrected chi connectivity index (χ1v) is 6.45. The molecule has 13 heavy (non-hydrogen) atoms. The van der Waals surface area contributed by atoms with Crippen molar-refractivity contribution in [2.45, 2.75) is 31.8 Å². The van der Waals surface area contributed by atoms with Crippen LogP contribution in [-0.4, -0.2) is 32.8 Å². The zero-order valence-corrected chi connectivity index (χ0v) is 8.60. The maximum absolute atomic E-state index is 11.5. The Balaban J connectivity index is 1.84. The minimum Gasteiger partial charge on any atom is -0.314 e. The van der Waals surface area contributed by atoms with Gasteiger partial charge in [-0.3, -0.25) is 0 Å². The zero-order chi connectivity index (χ0) is 9.47. The van der Waals surface area contributed by atoms with E-state index in [1.807, 2.05) is 6.92 Å². The van der Waals surface area contributed by atoms with Crippen molar-refractivity contribution in [3.63, 3.8) is 0 Å². The second-order valence-electron chi connectivity index (χ2n) is 4.13. The van der Waals surface area contributed by atoms with Crippen LogP contribution in [0.15, 0.2) is 0 Å². The Kier molecular flexibility index (Phi) is 2.33. The number of rotatable bonds is 4. The first kappa shape index (κ1) is 9.43. The molecule has 0 aromatic carbocycles. The third kappa shape index (κ3) is 2.42. The van der Waals surface area contributed by atoms with Crippen molar-refractivity contribution in [1.29, 1.82) is 0 Å². The fraction of sp³-hybridized carbons (Fsp3) is 1.00. The van der Waals surface area contributed by atoms with E-state index in [-0.39, 0.29) is 11.8 Å². The maximum Gasteiger partial charge on any atom is 0.212 e. The van der Waals surface area contributed by atoms with Crippen molar-refractivity contribution in [1.82, 2.24) is 10.0 Å². The molecule has 1 heterocycles. The Labute approximate surface area is 79.1 Å². The monoisotopic (exact) mass is 204 g/mol. The van der Waals surface area contributed by atoms with Crippen molar-refractivity contribution in [3.8, 4) is 0 Å². The van der Waals surface area contributed by atoms with E-state index in [1.165, 1.54) is 0 Å². The highest BCUT2D eigenvalue weighted by atomic mass is 32.2. The molecule has 2 N–H and O–H groups in total. The molecule has 1 saturated heterocycles. The van der Waals surface area contributed by atoms with Gasteiger partial charge in [0, 0.05) is 24.5 Å². The fourth-order valence-corrected chi connectivity index (χ4v) is 3.32. The minimum absolute atomic E-state index is 0.244. The lowest BCUT2D eigenvalue weighted by atomic mass is 9.96. The second-order valence-corrected chi connectivity index (χ2v) is 5.93. The summed E-state index contributed by atoms with van der Waals surface area (Å²) >= 11 is 0. The summed E-state index contributed by atoms with van der Waals surface area (Å²) in [6.45, 7) is 2.87. The predicted octanol–water partition coefficient (Wildman–Crippen LogP) is -0.324. The molecule has 0 aromatic rings. The van der Waals surface area contributed by atoms with E-state index >= 15 is 0 Å². The maximum atomic E-state index is 11.5. The molecule has 76 valence electrons. The molecule has 0 bridgehead atoms. The summed E-state index contributed by atoms with van der Waals surface area (Å²) in [7, 11) is -3.00. The Hall–Kier alpha value is -0.130. The minimum atomic E-state index is -3.00. The van der Waals surface area contributed by atoms with Gasteiger partial charge >= 0.3 is 0 Å². The molecule has 5 heteroatoms. The van der Waals surface area contributed by atoms with Crippen LogP contribution in [0.1, 0.15) is 19.8 Å². The van der Waals surface area contributed by atoms with E-state index in [2.05, 4.69) is 10.0 Å². The molecule has 2 atom stereocenters. The predicted molar refractivity (Wildman–Crippen MR) is 50.9 cm³/mol. The molecule has 0 aromatic heterocycles. The van der Waals surface area contributed by atoms with Crippen LogP contribution in [0.3, 0.4) is 0 Å². The normalized spacial score (nSPS) is 34.2. The van der Waals surface area contributed by atoms with Crippen LogP contribution in [0.5, 0.6) is 0 Å². The van der Waals surface area contributed by atoms with E-state index in [4.69, 9.17) is 0 Å². The zero-order valence-electron chi connectivity index (χ0n) is 7.79. The average molecular weight is 204 g/mol. The van der Waals surface area contributed by atoms with E-state index < -0.39 is 10.0 Å². The molecule has 0 amide bonds. The number of hydrogen-bond donors (Lipinski definition) is 2. The van der Waals surface area contributed by atoms with Crippen LogP contribution in [0, 0.1) is 5.92 Å². The molecule has 0 unspecified atom stereocenters. The molecule has 4 nitrogen and oxygen atoms in total. The van der Waals surface area contributed by atoms with Crippen LogP contribution in [0.2, 0.25) is 0 Å². The highest BCUT2D eigenvalue weighted by Crippen LogP contribution is 2.21. The smallest absolute Gasteiger partial charge is 0.212 e. The lowest BCUT2D eigenvalue weighted by Gasteiger charge is -2.35. The molecular weight excluding hydrogens is 188 g/mol. The second kappa shape index (κ2) is 3.22.